The van der Waals surface area contributed by atoms with E-state index in [2.05, 4.69) is 17.0 Å². The maximum atomic E-state index is 9.93. The molecule has 17 heavy (non-hydrogen) atoms. The highest BCUT2D eigenvalue weighted by atomic mass is 16.3. The molecule has 0 unspecified atom stereocenters. The van der Waals surface area contributed by atoms with Crippen molar-refractivity contribution in [3.63, 3.8) is 0 Å². The lowest BCUT2D eigenvalue weighted by molar-refractivity contribution is 0.0351. The maximum Gasteiger partial charge on any atom is 0.0702 e. The molecule has 1 heterocycles. The summed E-state index contributed by atoms with van der Waals surface area (Å²) in [7, 11) is 0. The van der Waals surface area contributed by atoms with E-state index < -0.39 is 5.60 Å². The van der Waals surface area contributed by atoms with Crippen LogP contribution in [0.4, 0.5) is 5.69 Å². The van der Waals surface area contributed by atoms with Crippen LogP contribution in [0, 0.1) is 6.92 Å². The number of piperidine rings is 1. The van der Waals surface area contributed by atoms with Gasteiger partial charge < -0.3 is 15.1 Å². The number of anilines is 1. The van der Waals surface area contributed by atoms with Gasteiger partial charge in [0.1, 0.15) is 0 Å². The van der Waals surface area contributed by atoms with E-state index in [1.807, 2.05) is 19.9 Å². The second-order valence-electron chi connectivity index (χ2n) is 5.27. The lowest BCUT2D eigenvalue weighted by Gasteiger charge is -2.38. The Morgan fingerprint density at radius 3 is 2.53 bits per heavy atom. The molecule has 94 valence electrons. The van der Waals surface area contributed by atoms with E-state index in [0.29, 0.717) is 0 Å². The SMILES string of the molecule is Cc1ccc(N2CCC(C)(O)CC2)c(CO)c1. The molecule has 2 N–H and O–H groups in total. The van der Waals surface area contributed by atoms with Crippen molar-refractivity contribution in [1.82, 2.24) is 0 Å². The molecule has 0 amide bonds. The Morgan fingerprint density at radius 2 is 1.94 bits per heavy atom. The van der Waals surface area contributed by atoms with Crippen molar-refractivity contribution in [3.05, 3.63) is 29.3 Å². The minimum absolute atomic E-state index is 0.0733. The highest BCUT2D eigenvalue weighted by Gasteiger charge is 2.28. The first-order valence-electron chi connectivity index (χ1n) is 6.19. The first kappa shape index (κ1) is 12.4. The Balaban J connectivity index is 2.18. The zero-order chi connectivity index (χ0) is 12.5. The lowest BCUT2D eigenvalue weighted by atomic mass is 9.93. The van der Waals surface area contributed by atoms with Crippen LogP contribution in [0.5, 0.6) is 0 Å². The second-order valence-corrected chi connectivity index (χ2v) is 5.27. The van der Waals surface area contributed by atoms with Crippen molar-refractivity contribution in [2.24, 2.45) is 0 Å². The average molecular weight is 235 g/mol. The van der Waals surface area contributed by atoms with Gasteiger partial charge in [-0.25, -0.2) is 0 Å². The van der Waals surface area contributed by atoms with E-state index in [-0.39, 0.29) is 6.61 Å². The molecule has 1 aliphatic heterocycles. The van der Waals surface area contributed by atoms with Crippen LogP contribution < -0.4 is 4.90 Å². The summed E-state index contributed by atoms with van der Waals surface area (Å²) in [4.78, 5) is 2.25. The maximum absolute atomic E-state index is 9.93. The molecule has 0 aromatic heterocycles. The fourth-order valence-electron chi connectivity index (χ4n) is 2.38. The summed E-state index contributed by atoms with van der Waals surface area (Å²) in [6.45, 7) is 5.70. The Kier molecular flexibility index (Phi) is 3.40. The molecule has 0 spiro atoms. The third-order valence-electron chi connectivity index (χ3n) is 3.59. The van der Waals surface area contributed by atoms with Gasteiger partial charge in [0.15, 0.2) is 0 Å². The molecule has 1 aliphatic rings. The number of aryl methyl sites for hydroxylation is 1. The van der Waals surface area contributed by atoms with E-state index in [0.717, 1.165) is 37.2 Å². The minimum atomic E-state index is -0.527. The Morgan fingerprint density at radius 1 is 1.29 bits per heavy atom. The van der Waals surface area contributed by atoms with Crippen molar-refractivity contribution in [3.8, 4) is 0 Å². The monoisotopic (exact) mass is 235 g/mol. The molecule has 1 aromatic rings. The number of hydrogen-bond acceptors (Lipinski definition) is 3. The van der Waals surface area contributed by atoms with Crippen LogP contribution in [0.15, 0.2) is 18.2 Å². The van der Waals surface area contributed by atoms with Gasteiger partial charge in [-0.1, -0.05) is 17.7 Å². The number of hydrogen-bond donors (Lipinski definition) is 2. The van der Waals surface area contributed by atoms with Crippen LogP contribution in [-0.2, 0) is 6.61 Å². The van der Waals surface area contributed by atoms with Gasteiger partial charge in [-0.2, -0.15) is 0 Å². The Labute approximate surface area is 103 Å². The summed E-state index contributed by atoms with van der Waals surface area (Å²) >= 11 is 0. The van der Waals surface area contributed by atoms with Gasteiger partial charge >= 0.3 is 0 Å². The number of aliphatic hydroxyl groups is 2. The molecule has 0 saturated carbocycles. The third-order valence-corrected chi connectivity index (χ3v) is 3.59. The number of aliphatic hydroxyl groups excluding tert-OH is 1. The van der Waals surface area contributed by atoms with E-state index in [1.54, 1.807) is 0 Å². The van der Waals surface area contributed by atoms with Gasteiger partial charge in [0.05, 0.1) is 12.2 Å². The van der Waals surface area contributed by atoms with Crippen LogP contribution in [0.25, 0.3) is 0 Å². The molecule has 3 nitrogen and oxygen atoms in total. The van der Waals surface area contributed by atoms with E-state index in [1.165, 1.54) is 5.56 Å². The van der Waals surface area contributed by atoms with Crippen LogP contribution in [0.1, 0.15) is 30.9 Å². The topological polar surface area (TPSA) is 43.7 Å². The number of benzene rings is 1. The van der Waals surface area contributed by atoms with Crippen LogP contribution in [-0.4, -0.2) is 28.9 Å². The molecule has 2 rings (SSSR count). The van der Waals surface area contributed by atoms with Crippen LogP contribution in [0.3, 0.4) is 0 Å². The fourth-order valence-corrected chi connectivity index (χ4v) is 2.38. The minimum Gasteiger partial charge on any atom is -0.392 e. The van der Waals surface area contributed by atoms with Crippen LogP contribution >= 0.6 is 0 Å². The average Bonchev–Trinajstić information content (AvgIpc) is 2.29. The van der Waals surface area contributed by atoms with Crippen LogP contribution in [0.2, 0.25) is 0 Å². The Hall–Kier alpha value is -1.06. The first-order chi connectivity index (χ1) is 8.02. The molecule has 0 radical (unpaired) electrons. The molecule has 1 fully saturated rings. The predicted molar refractivity (Wildman–Crippen MR) is 69.2 cm³/mol. The number of rotatable bonds is 2. The van der Waals surface area contributed by atoms with Gasteiger partial charge in [-0.05, 0) is 32.8 Å². The standard InChI is InChI=1S/C14H21NO2/c1-11-3-4-13(12(9-11)10-16)15-7-5-14(2,17)6-8-15/h3-4,9,16-17H,5-8,10H2,1-2H3. The van der Waals surface area contributed by atoms with E-state index in [9.17, 15) is 10.2 Å². The van der Waals surface area contributed by atoms with Gasteiger partial charge in [-0.3, -0.25) is 0 Å². The highest BCUT2D eigenvalue weighted by molar-refractivity contribution is 5.55. The van der Waals surface area contributed by atoms with Crippen molar-refractivity contribution >= 4 is 5.69 Å². The fraction of sp³-hybridized carbons (Fsp3) is 0.571. The first-order valence-corrected chi connectivity index (χ1v) is 6.19. The summed E-state index contributed by atoms with van der Waals surface area (Å²) < 4.78 is 0. The van der Waals surface area contributed by atoms with Crippen molar-refractivity contribution < 1.29 is 10.2 Å². The molecule has 0 bridgehead atoms. The molecule has 1 aromatic carbocycles. The number of nitrogens with zero attached hydrogens (tertiary/aromatic N) is 1. The van der Waals surface area contributed by atoms with Crippen molar-refractivity contribution in [1.29, 1.82) is 0 Å². The quantitative estimate of drug-likeness (QED) is 0.822. The van der Waals surface area contributed by atoms with E-state index >= 15 is 0 Å². The van der Waals surface area contributed by atoms with Crippen molar-refractivity contribution in [2.75, 3.05) is 18.0 Å². The zero-order valence-electron chi connectivity index (χ0n) is 10.6. The molecule has 1 saturated heterocycles. The summed E-state index contributed by atoms with van der Waals surface area (Å²) in [5.74, 6) is 0. The summed E-state index contributed by atoms with van der Waals surface area (Å²) in [6, 6.07) is 6.17. The zero-order valence-corrected chi connectivity index (χ0v) is 10.6. The van der Waals surface area contributed by atoms with Crippen molar-refractivity contribution in [2.45, 2.75) is 38.9 Å². The second kappa shape index (κ2) is 4.67. The van der Waals surface area contributed by atoms with Gasteiger partial charge in [0.2, 0.25) is 0 Å². The molecular weight excluding hydrogens is 214 g/mol. The largest absolute Gasteiger partial charge is 0.392 e. The summed E-state index contributed by atoms with van der Waals surface area (Å²) in [5, 5.41) is 19.3. The van der Waals surface area contributed by atoms with E-state index in [4.69, 9.17) is 0 Å². The van der Waals surface area contributed by atoms with Gasteiger partial charge in [-0.15, -0.1) is 0 Å². The summed E-state index contributed by atoms with van der Waals surface area (Å²) in [5.41, 5.74) is 2.72. The highest BCUT2D eigenvalue weighted by Crippen LogP contribution is 2.28. The summed E-state index contributed by atoms with van der Waals surface area (Å²) in [6.07, 6.45) is 1.57. The molecule has 0 atom stereocenters. The van der Waals surface area contributed by atoms with Gasteiger partial charge in [0.25, 0.3) is 0 Å². The normalized spacial score (nSPS) is 19.4. The predicted octanol–water partition coefficient (Wildman–Crippen LogP) is 1.84. The lowest BCUT2D eigenvalue weighted by Crippen LogP contribution is -2.42. The molecule has 0 aliphatic carbocycles. The Bertz CT molecular complexity index is 391. The smallest absolute Gasteiger partial charge is 0.0702 e. The van der Waals surface area contributed by atoms with Gasteiger partial charge in [0, 0.05) is 24.3 Å². The molecule has 3 heteroatoms. The third kappa shape index (κ3) is 2.79. The molecular formula is C14H21NO2.